The molecule has 0 heterocycles. The third kappa shape index (κ3) is 5.81. The van der Waals surface area contributed by atoms with Crippen LogP contribution >= 0.6 is 0 Å². The van der Waals surface area contributed by atoms with E-state index in [-0.39, 0.29) is 5.56 Å². The molecule has 2 aromatic carbocycles. The van der Waals surface area contributed by atoms with Gasteiger partial charge in [0.1, 0.15) is 6.10 Å². The fourth-order valence-electron chi connectivity index (χ4n) is 2.59. The minimum absolute atomic E-state index is 0.232. The lowest BCUT2D eigenvalue weighted by atomic mass is 9.82. The molecular formula is C21H19FN2O5. The maximum Gasteiger partial charge on any atom is 0.412 e. The summed E-state index contributed by atoms with van der Waals surface area (Å²) in [4.78, 5) is 23.3. The molecule has 0 fully saturated rings. The number of hydrogen-bond acceptors (Lipinski definition) is 5. The molecule has 0 aliphatic rings. The molecule has 0 saturated carbocycles. The van der Waals surface area contributed by atoms with Crippen molar-refractivity contribution in [2.24, 2.45) is 5.41 Å². The second-order valence-electron chi connectivity index (χ2n) is 6.80. The molecule has 7 nitrogen and oxygen atoms in total. The van der Waals surface area contributed by atoms with Crippen LogP contribution in [0.25, 0.3) is 0 Å². The molecule has 29 heavy (non-hydrogen) atoms. The van der Waals surface area contributed by atoms with Crippen molar-refractivity contribution in [3.8, 4) is 11.8 Å². The number of phenols is 1. The molecule has 0 aromatic heterocycles. The zero-order chi connectivity index (χ0) is 21.6. The van der Waals surface area contributed by atoms with Gasteiger partial charge in [-0.2, -0.15) is 5.26 Å². The Morgan fingerprint density at radius 3 is 2.45 bits per heavy atom. The van der Waals surface area contributed by atoms with Crippen molar-refractivity contribution in [1.82, 2.24) is 0 Å². The number of amides is 1. The van der Waals surface area contributed by atoms with Gasteiger partial charge in [-0.05, 0) is 42.0 Å². The van der Waals surface area contributed by atoms with Gasteiger partial charge in [0.25, 0.3) is 0 Å². The molecule has 0 unspecified atom stereocenters. The average Bonchev–Trinajstić information content (AvgIpc) is 2.67. The van der Waals surface area contributed by atoms with Gasteiger partial charge in [0, 0.05) is 17.2 Å². The van der Waals surface area contributed by atoms with E-state index in [1.807, 2.05) is 6.07 Å². The van der Waals surface area contributed by atoms with E-state index in [1.165, 1.54) is 36.4 Å². The summed E-state index contributed by atoms with van der Waals surface area (Å²) < 4.78 is 19.3. The zero-order valence-electron chi connectivity index (χ0n) is 15.7. The number of nitrogens with zero attached hydrogens (tertiary/aromatic N) is 1. The standard InChI is InChI=1S/C21H19FN2O5/c1-21(2,10-9-18(26)27)19(14-5-8-17(25)16(22)11-14)29-20(28)24-15-6-3-13(12-23)4-7-15/h3-11,19,25H,1-2H3,(H,24,28)(H,26,27)/b10-9+/t19-/m1/s1. The molecule has 0 saturated heterocycles. The summed E-state index contributed by atoms with van der Waals surface area (Å²) in [7, 11) is 0. The molecule has 2 rings (SSSR count). The third-order valence-electron chi connectivity index (χ3n) is 4.09. The molecule has 0 radical (unpaired) electrons. The Kier molecular flexibility index (Phi) is 6.57. The number of carbonyl (C=O) groups is 2. The van der Waals surface area contributed by atoms with Crippen molar-refractivity contribution in [3.63, 3.8) is 0 Å². The highest BCUT2D eigenvalue weighted by Gasteiger charge is 2.33. The van der Waals surface area contributed by atoms with E-state index in [9.17, 15) is 19.1 Å². The van der Waals surface area contributed by atoms with Crippen LogP contribution in [-0.4, -0.2) is 22.3 Å². The number of carbonyl (C=O) groups excluding carboxylic acids is 1. The minimum atomic E-state index is -1.18. The fourth-order valence-corrected chi connectivity index (χ4v) is 2.59. The molecule has 150 valence electrons. The summed E-state index contributed by atoms with van der Waals surface area (Å²) in [5.74, 6) is -2.65. The van der Waals surface area contributed by atoms with Gasteiger partial charge in [-0.3, -0.25) is 5.32 Å². The number of rotatable bonds is 6. The number of halogens is 1. The first-order valence-electron chi connectivity index (χ1n) is 8.51. The SMILES string of the molecule is CC(C)(/C=C/C(=O)O)[C@H](OC(=O)Nc1ccc(C#N)cc1)c1ccc(O)c(F)c1. The maximum absolute atomic E-state index is 13.9. The topological polar surface area (TPSA) is 120 Å². The molecule has 1 atom stereocenters. The van der Waals surface area contributed by atoms with Crippen LogP contribution in [0.15, 0.2) is 54.6 Å². The molecule has 8 heteroatoms. The Morgan fingerprint density at radius 1 is 1.24 bits per heavy atom. The smallest absolute Gasteiger partial charge is 0.412 e. The maximum atomic E-state index is 13.9. The normalized spacial score (nSPS) is 12.2. The Balaban J connectivity index is 2.30. The fraction of sp³-hybridized carbons (Fsp3) is 0.190. The van der Waals surface area contributed by atoms with Gasteiger partial charge in [-0.1, -0.05) is 26.0 Å². The number of aliphatic carboxylic acids is 1. The third-order valence-corrected chi connectivity index (χ3v) is 4.09. The number of aromatic hydroxyl groups is 1. The van der Waals surface area contributed by atoms with Crippen molar-refractivity contribution in [2.45, 2.75) is 20.0 Å². The highest BCUT2D eigenvalue weighted by Crippen LogP contribution is 2.39. The number of nitriles is 1. The van der Waals surface area contributed by atoms with E-state index in [4.69, 9.17) is 15.1 Å². The first-order valence-corrected chi connectivity index (χ1v) is 8.51. The van der Waals surface area contributed by atoms with Gasteiger partial charge in [-0.15, -0.1) is 0 Å². The first-order chi connectivity index (χ1) is 13.6. The van der Waals surface area contributed by atoms with Crippen molar-refractivity contribution in [2.75, 3.05) is 5.32 Å². The lowest BCUT2D eigenvalue weighted by Gasteiger charge is -2.31. The Bertz CT molecular complexity index is 978. The van der Waals surface area contributed by atoms with E-state index >= 15 is 0 Å². The van der Waals surface area contributed by atoms with Gasteiger partial charge in [0.05, 0.1) is 11.6 Å². The first kappa shape index (κ1) is 21.4. The Morgan fingerprint density at radius 2 is 1.90 bits per heavy atom. The van der Waals surface area contributed by atoms with Crippen LogP contribution in [0.5, 0.6) is 5.75 Å². The van der Waals surface area contributed by atoms with E-state index in [1.54, 1.807) is 13.8 Å². The number of hydrogen-bond donors (Lipinski definition) is 3. The largest absolute Gasteiger partial charge is 0.505 e. The highest BCUT2D eigenvalue weighted by molar-refractivity contribution is 5.85. The highest BCUT2D eigenvalue weighted by atomic mass is 19.1. The number of carboxylic acid groups (broad SMARTS) is 1. The number of phenolic OH excluding ortho intramolecular Hbond substituents is 1. The lowest BCUT2D eigenvalue weighted by molar-refractivity contribution is -0.131. The van der Waals surface area contributed by atoms with Crippen LogP contribution in [0.2, 0.25) is 0 Å². The van der Waals surface area contributed by atoms with Gasteiger partial charge in [0.2, 0.25) is 0 Å². The molecule has 2 aromatic rings. The quantitative estimate of drug-likeness (QED) is 0.622. The summed E-state index contributed by atoms with van der Waals surface area (Å²) >= 11 is 0. The molecule has 0 spiro atoms. The van der Waals surface area contributed by atoms with Gasteiger partial charge < -0.3 is 14.9 Å². The summed E-state index contributed by atoms with van der Waals surface area (Å²) in [6, 6.07) is 11.6. The Hall–Kier alpha value is -3.86. The van der Waals surface area contributed by atoms with E-state index in [2.05, 4.69) is 5.32 Å². The van der Waals surface area contributed by atoms with Crippen LogP contribution in [0.4, 0.5) is 14.9 Å². The Labute approximate surface area is 166 Å². The predicted molar refractivity (Wildman–Crippen MR) is 103 cm³/mol. The van der Waals surface area contributed by atoms with Crippen molar-refractivity contribution < 1.29 is 28.9 Å². The molecule has 0 bridgehead atoms. The zero-order valence-corrected chi connectivity index (χ0v) is 15.7. The van der Waals surface area contributed by atoms with Crippen molar-refractivity contribution in [3.05, 3.63) is 71.6 Å². The van der Waals surface area contributed by atoms with E-state index in [0.29, 0.717) is 11.3 Å². The summed E-state index contributed by atoms with van der Waals surface area (Å²) in [6.07, 6.45) is 0.322. The number of anilines is 1. The second-order valence-corrected chi connectivity index (χ2v) is 6.80. The molecule has 1 amide bonds. The van der Waals surface area contributed by atoms with Crippen molar-refractivity contribution in [1.29, 1.82) is 5.26 Å². The molecular weight excluding hydrogens is 379 g/mol. The number of nitrogens with one attached hydrogen (secondary N) is 1. The van der Waals surface area contributed by atoms with Crippen LogP contribution in [-0.2, 0) is 9.53 Å². The van der Waals surface area contributed by atoms with Crippen LogP contribution in [0.3, 0.4) is 0 Å². The predicted octanol–water partition coefficient (Wildman–Crippen LogP) is 4.36. The van der Waals surface area contributed by atoms with Gasteiger partial charge in [0.15, 0.2) is 11.6 Å². The van der Waals surface area contributed by atoms with Gasteiger partial charge >= 0.3 is 12.1 Å². The summed E-state index contributed by atoms with van der Waals surface area (Å²) in [6.45, 7) is 3.24. The van der Waals surface area contributed by atoms with E-state index < -0.39 is 35.1 Å². The number of ether oxygens (including phenoxy) is 1. The number of benzene rings is 2. The van der Waals surface area contributed by atoms with E-state index in [0.717, 1.165) is 18.2 Å². The monoisotopic (exact) mass is 398 g/mol. The second kappa shape index (κ2) is 8.89. The average molecular weight is 398 g/mol. The summed E-state index contributed by atoms with van der Waals surface area (Å²) in [5, 5.41) is 29.6. The van der Waals surface area contributed by atoms with Crippen LogP contribution < -0.4 is 5.32 Å². The number of carboxylic acids is 1. The molecule has 3 N–H and O–H groups in total. The van der Waals surface area contributed by atoms with Crippen molar-refractivity contribution >= 4 is 17.7 Å². The lowest BCUT2D eigenvalue weighted by Crippen LogP contribution is -2.28. The minimum Gasteiger partial charge on any atom is -0.505 e. The van der Waals surface area contributed by atoms with Crippen LogP contribution in [0.1, 0.15) is 31.1 Å². The summed E-state index contributed by atoms with van der Waals surface area (Å²) in [5.41, 5.74) is 0.00391. The van der Waals surface area contributed by atoms with Gasteiger partial charge in [-0.25, -0.2) is 14.0 Å². The molecule has 0 aliphatic heterocycles. The molecule has 0 aliphatic carbocycles. The van der Waals surface area contributed by atoms with Crippen LogP contribution in [0, 0.1) is 22.6 Å².